The zero-order valence-corrected chi connectivity index (χ0v) is 21.2. The van der Waals surface area contributed by atoms with Crippen molar-refractivity contribution in [2.24, 2.45) is 0 Å². The molecule has 0 spiro atoms. The first-order valence-electron chi connectivity index (χ1n) is 11.0. The number of thiazole rings is 1. The van der Waals surface area contributed by atoms with E-state index in [2.05, 4.69) is 42.3 Å². The maximum absolute atomic E-state index is 12.5. The number of halogens is 1. The standard InChI is InChI=1S/C28H25ClN2O3S/c1-18-4-5-19(2)23(14-18)24-17-35-28(30-24)31-27(32)13-9-20-8-12-25(26(15-20)33-3)34-16-21-6-10-22(29)11-7-21/h4-15,17H,16H2,1-3H3,(H,30,31,32)/b13-9+. The first kappa shape index (κ1) is 24.5. The van der Waals surface area contributed by atoms with Crippen LogP contribution in [-0.2, 0) is 11.4 Å². The van der Waals surface area contributed by atoms with E-state index in [1.165, 1.54) is 23.0 Å². The molecule has 0 unspecified atom stereocenters. The van der Waals surface area contributed by atoms with Crippen LogP contribution in [0.2, 0.25) is 5.02 Å². The van der Waals surface area contributed by atoms with Crippen LogP contribution < -0.4 is 14.8 Å². The minimum Gasteiger partial charge on any atom is -0.493 e. The van der Waals surface area contributed by atoms with Gasteiger partial charge >= 0.3 is 0 Å². The predicted molar refractivity (Wildman–Crippen MR) is 143 cm³/mol. The van der Waals surface area contributed by atoms with E-state index in [0.717, 1.165) is 27.9 Å². The van der Waals surface area contributed by atoms with Crippen molar-refractivity contribution in [2.75, 3.05) is 12.4 Å². The lowest BCUT2D eigenvalue weighted by Crippen LogP contribution is -2.07. The highest BCUT2D eigenvalue weighted by molar-refractivity contribution is 7.14. The van der Waals surface area contributed by atoms with Gasteiger partial charge in [0.05, 0.1) is 12.8 Å². The molecular weight excluding hydrogens is 480 g/mol. The van der Waals surface area contributed by atoms with Crippen molar-refractivity contribution in [1.29, 1.82) is 0 Å². The van der Waals surface area contributed by atoms with Crippen molar-refractivity contribution in [3.63, 3.8) is 0 Å². The topological polar surface area (TPSA) is 60.5 Å². The molecule has 5 nitrogen and oxygen atoms in total. The number of hydrogen-bond acceptors (Lipinski definition) is 5. The Labute approximate surface area is 214 Å². The second kappa shape index (κ2) is 11.2. The molecule has 35 heavy (non-hydrogen) atoms. The van der Waals surface area contributed by atoms with Crippen LogP contribution in [0, 0.1) is 13.8 Å². The van der Waals surface area contributed by atoms with Gasteiger partial charge < -0.3 is 9.47 Å². The van der Waals surface area contributed by atoms with Gasteiger partial charge in [0.25, 0.3) is 0 Å². The molecule has 0 aliphatic rings. The molecule has 178 valence electrons. The van der Waals surface area contributed by atoms with Gasteiger partial charge in [-0.15, -0.1) is 11.3 Å². The number of amides is 1. The number of aromatic nitrogens is 1. The molecule has 0 saturated heterocycles. The van der Waals surface area contributed by atoms with Gasteiger partial charge in [-0.1, -0.05) is 47.5 Å². The van der Waals surface area contributed by atoms with E-state index in [1.807, 2.05) is 47.8 Å². The van der Waals surface area contributed by atoms with Gasteiger partial charge in [-0.25, -0.2) is 4.98 Å². The van der Waals surface area contributed by atoms with E-state index in [-0.39, 0.29) is 5.91 Å². The van der Waals surface area contributed by atoms with E-state index in [1.54, 1.807) is 13.2 Å². The van der Waals surface area contributed by atoms with Crippen LogP contribution in [0.3, 0.4) is 0 Å². The van der Waals surface area contributed by atoms with E-state index in [9.17, 15) is 4.79 Å². The van der Waals surface area contributed by atoms with Gasteiger partial charge in [0.1, 0.15) is 6.61 Å². The fraction of sp³-hybridized carbons (Fsp3) is 0.143. The number of rotatable bonds is 8. The van der Waals surface area contributed by atoms with Crippen LogP contribution in [0.25, 0.3) is 17.3 Å². The number of aryl methyl sites for hydroxylation is 2. The van der Waals surface area contributed by atoms with Crippen LogP contribution in [0.1, 0.15) is 22.3 Å². The van der Waals surface area contributed by atoms with Crippen molar-refractivity contribution in [2.45, 2.75) is 20.5 Å². The van der Waals surface area contributed by atoms with Crippen molar-refractivity contribution in [3.8, 4) is 22.8 Å². The largest absolute Gasteiger partial charge is 0.493 e. The SMILES string of the molecule is COc1cc(/C=C/C(=O)Nc2nc(-c3cc(C)ccc3C)cs2)ccc1OCc1ccc(Cl)cc1. The number of nitrogens with zero attached hydrogens (tertiary/aromatic N) is 1. The smallest absolute Gasteiger partial charge is 0.250 e. The number of anilines is 1. The summed E-state index contributed by atoms with van der Waals surface area (Å²) in [5.41, 5.74) is 6.06. The van der Waals surface area contributed by atoms with Crippen LogP contribution in [0.5, 0.6) is 11.5 Å². The first-order chi connectivity index (χ1) is 16.9. The summed E-state index contributed by atoms with van der Waals surface area (Å²) < 4.78 is 11.4. The Kier molecular flexibility index (Phi) is 7.85. The summed E-state index contributed by atoms with van der Waals surface area (Å²) in [6, 6.07) is 19.2. The van der Waals surface area contributed by atoms with E-state index in [0.29, 0.717) is 28.3 Å². The summed E-state index contributed by atoms with van der Waals surface area (Å²) in [6.45, 7) is 4.50. The summed E-state index contributed by atoms with van der Waals surface area (Å²) in [5, 5.41) is 6.03. The minimum absolute atomic E-state index is 0.256. The number of methoxy groups -OCH3 is 1. The molecule has 0 saturated carbocycles. The van der Waals surface area contributed by atoms with Crippen LogP contribution in [0.15, 0.2) is 72.1 Å². The summed E-state index contributed by atoms with van der Waals surface area (Å²) in [4.78, 5) is 17.0. The Hall–Kier alpha value is -3.61. The molecule has 0 fully saturated rings. The number of hydrogen-bond donors (Lipinski definition) is 1. The molecule has 1 amide bonds. The molecule has 0 radical (unpaired) electrons. The monoisotopic (exact) mass is 504 g/mol. The molecule has 0 atom stereocenters. The van der Waals surface area contributed by atoms with Crippen LogP contribution >= 0.6 is 22.9 Å². The highest BCUT2D eigenvalue weighted by Crippen LogP contribution is 2.30. The van der Waals surface area contributed by atoms with Crippen molar-refractivity contribution >= 4 is 40.1 Å². The summed E-state index contributed by atoms with van der Waals surface area (Å²) in [7, 11) is 1.58. The zero-order valence-electron chi connectivity index (χ0n) is 19.7. The first-order valence-corrected chi connectivity index (χ1v) is 12.2. The number of carbonyl (C=O) groups excluding carboxylic acids is 1. The number of ether oxygens (including phenoxy) is 2. The van der Waals surface area contributed by atoms with E-state index < -0.39 is 0 Å². The molecule has 1 heterocycles. The van der Waals surface area contributed by atoms with Gasteiger partial charge in [-0.2, -0.15) is 0 Å². The molecule has 4 aromatic rings. The second-order valence-corrected chi connectivity index (χ2v) is 9.30. The molecular formula is C28H25ClN2O3S. The van der Waals surface area contributed by atoms with Gasteiger partial charge in [-0.3, -0.25) is 10.1 Å². The van der Waals surface area contributed by atoms with Crippen LogP contribution in [0.4, 0.5) is 5.13 Å². The lowest BCUT2D eigenvalue weighted by molar-refractivity contribution is -0.111. The Bertz CT molecular complexity index is 1360. The number of benzene rings is 3. The van der Waals surface area contributed by atoms with Crippen molar-refractivity contribution in [3.05, 3.63) is 99.4 Å². The summed E-state index contributed by atoms with van der Waals surface area (Å²) in [5.74, 6) is 0.944. The fourth-order valence-electron chi connectivity index (χ4n) is 3.43. The lowest BCUT2D eigenvalue weighted by Gasteiger charge is -2.11. The zero-order chi connectivity index (χ0) is 24.8. The molecule has 0 aliphatic heterocycles. The van der Waals surface area contributed by atoms with Crippen LogP contribution in [-0.4, -0.2) is 18.0 Å². The van der Waals surface area contributed by atoms with Gasteiger partial charge in [0, 0.05) is 22.0 Å². The molecule has 4 rings (SSSR count). The maximum atomic E-state index is 12.5. The second-order valence-electron chi connectivity index (χ2n) is 8.00. The molecule has 7 heteroatoms. The normalized spacial score (nSPS) is 11.0. The maximum Gasteiger partial charge on any atom is 0.250 e. The fourth-order valence-corrected chi connectivity index (χ4v) is 4.27. The highest BCUT2D eigenvalue weighted by atomic mass is 35.5. The molecule has 1 aromatic heterocycles. The predicted octanol–water partition coefficient (Wildman–Crippen LogP) is 7.32. The van der Waals surface area contributed by atoms with Crippen molar-refractivity contribution < 1.29 is 14.3 Å². The Morgan fingerprint density at radius 2 is 1.86 bits per heavy atom. The van der Waals surface area contributed by atoms with Gasteiger partial charge in [0.15, 0.2) is 16.6 Å². The average Bonchev–Trinajstić information content (AvgIpc) is 3.32. The summed E-state index contributed by atoms with van der Waals surface area (Å²) >= 11 is 7.33. The highest BCUT2D eigenvalue weighted by Gasteiger charge is 2.10. The van der Waals surface area contributed by atoms with E-state index in [4.69, 9.17) is 21.1 Å². The number of carbonyl (C=O) groups is 1. The molecule has 0 bridgehead atoms. The van der Waals surface area contributed by atoms with Gasteiger partial charge in [-0.05, 0) is 66.9 Å². The van der Waals surface area contributed by atoms with Gasteiger partial charge in [0.2, 0.25) is 5.91 Å². The average molecular weight is 505 g/mol. The molecule has 3 aromatic carbocycles. The molecule has 1 N–H and O–H groups in total. The third kappa shape index (κ3) is 6.50. The minimum atomic E-state index is -0.256. The van der Waals surface area contributed by atoms with E-state index >= 15 is 0 Å². The third-order valence-corrected chi connectivity index (χ3v) is 6.34. The Morgan fingerprint density at radius 1 is 1.06 bits per heavy atom. The summed E-state index contributed by atoms with van der Waals surface area (Å²) in [6.07, 6.45) is 3.20. The Morgan fingerprint density at radius 3 is 2.63 bits per heavy atom. The lowest BCUT2D eigenvalue weighted by atomic mass is 10.0. The Balaban J connectivity index is 1.38. The number of nitrogens with one attached hydrogen (secondary N) is 1. The quantitative estimate of drug-likeness (QED) is 0.255. The van der Waals surface area contributed by atoms with Crippen molar-refractivity contribution in [1.82, 2.24) is 4.98 Å². The molecule has 0 aliphatic carbocycles. The third-order valence-electron chi connectivity index (χ3n) is 5.33.